The van der Waals surface area contributed by atoms with Gasteiger partial charge in [0, 0.05) is 11.1 Å². The summed E-state index contributed by atoms with van der Waals surface area (Å²) in [5, 5.41) is 17.8. The van der Waals surface area contributed by atoms with E-state index >= 15 is 0 Å². The molecule has 30 heavy (non-hydrogen) atoms. The minimum Gasteiger partial charge on any atom is -0.382 e. The van der Waals surface area contributed by atoms with Crippen molar-refractivity contribution in [3.63, 3.8) is 0 Å². The zero-order chi connectivity index (χ0) is 20.5. The molecule has 10 heteroatoms. The molecule has 1 atom stereocenters. The van der Waals surface area contributed by atoms with Gasteiger partial charge >= 0.3 is 0 Å². The van der Waals surface area contributed by atoms with Gasteiger partial charge in [-0.25, -0.2) is 19.5 Å². The lowest BCUT2D eigenvalue weighted by Gasteiger charge is -2.19. The Hall–Kier alpha value is -3.35. The van der Waals surface area contributed by atoms with Gasteiger partial charge in [-0.3, -0.25) is 0 Å². The Morgan fingerprint density at radius 1 is 1.23 bits per heavy atom. The van der Waals surface area contributed by atoms with E-state index in [4.69, 9.17) is 22.4 Å². The number of aromatic nitrogens is 5. The summed E-state index contributed by atoms with van der Waals surface area (Å²) in [6.45, 7) is 3.98. The van der Waals surface area contributed by atoms with Crippen molar-refractivity contribution in [2.45, 2.75) is 19.9 Å². The number of nitrogens with one attached hydrogen (secondary N) is 1. The van der Waals surface area contributed by atoms with Crippen LogP contribution in [-0.2, 0) is 0 Å². The summed E-state index contributed by atoms with van der Waals surface area (Å²) in [7, 11) is 0. The molecule has 4 aromatic rings. The zero-order valence-electron chi connectivity index (χ0n) is 16.3. The third-order valence-corrected chi connectivity index (χ3v) is 4.84. The third kappa shape index (κ3) is 3.87. The summed E-state index contributed by atoms with van der Waals surface area (Å²) in [6.07, 6.45) is 2.88. The maximum absolute atomic E-state index is 9.40. The minimum absolute atomic E-state index is 0. The van der Waals surface area contributed by atoms with Gasteiger partial charge in [-0.1, -0.05) is 35.4 Å². The van der Waals surface area contributed by atoms with Crippen LogP contribution in [0.2, 0.25) is 5.15 Å². The maximum atomic E-state index is 9.40. The van der Waals surface area contributed by atoms with Gasteiger partial charge in [-0.2, -0.15) is 23.9 Å². The van der Waals surface area contributed by atoms with Crippen LogP contribution in [0.1, 0.15) is 29.7 Å². The molecule has 0 aliphatic rings. The number of nitrogen functional groups attached to an aromatic ring is 1. The van der Waals surface area contributed by atoms with Gasteiger partial charge in [0.15, 0.2) is 10.8 Å². The van der Waals surface area contributed by atoms with Crippen LogP contribution in [0.5, 0.6) is 0 Å². The number of hydrogen-bond acceptors (Lipinski definition) is 7. The van der Waals surface area contributed by atoms with Gasteiger partial charge in [0.2, 0.25) is 0 Å². The number of aryl methyl sites for hydroxylation is 1. The number of anilines is 2. The molecule has 1 aromatic carbocycles. The van der Waals surface area contributed by atoms with Gasteiger partial charge in [0.1, 0.15) is 29.6 Å². The normalized spacial score (nSPS) is 11.5. The van der Waals surface area contributed by atoms with Crippen molar-refractivity contribution in [2.24, 2.45) is 0 Å². The van der Waals surface area contributed by atoms with E-state index in [2.05, 4.69) is 26.3 Å². The summed E-state index contributed by atoms with van der Waals surface area (Å²) >= 11 is 6.24. The monoisotopic (exact) mass is 438 g/mol. The topological polar surface area (TPSA) is 118 Å². The first kappa shape index (κ1) is 21.4. The molecule has 0 aliphatic heterocycles. The average molecular weight is 439 g/mol. The molecule has 0 radical (unpaired) electrons. The Morgan fingerprint density at radius 2 is 2.03 bits per heavy atom. The van der Waals surface area contributed by atoms with Gasteiger partial charge < -0.3 is 11.1 Å². The molecule has 152 valence electrons. The van der Waals surface area contributed by atoms with Crippen molar-refractivity contribution in [3.05, 3.63) is 64.7 Å². The van der Waals surface area contributed by atoms with Crippen molar-refractivity contribution in [1.29, 1.82) is 5.26 Å². The van der Waals surface area contributed by atoms with Crippen LogP contribution in [-0.4, -0.2) is 24.6 Å². The number of hydrogen-bond donors (Lipinski definition) is 2. The molecule has 0 bridgehead atoms. The van der Waals surface area contributed by atoms with Gasteiger partial charge in [-0.05, 0) is 26.0 Å². The van der Waals surface area contributed by atoms with Crippen LogP contribution in [0.25, 0.3) is 16.9 Å². The highest BCUT2D eigenvalue weighted by Gasteiger charge is 2.19. The first-order chi connectivity index (χ1) is 14.0. The number of rotatable bonds is 4. The van der Waals surface area contributed by atoms with Crippen LogP contribution < -0.4 is 11.1 Å². The number of benzene rings is 1. The average Bonchev–Trinajstić information content (AvgIpc) is 3.07. The molecule has 3 heterocycles. The van der Waals surface area contributed by atoms with Gasteiger partial charge in [-0.15, -0.1) is 0 Å². The fourth-order valence-electron chi connectivity index (χ4n) is 3.15. The molecule has 8 nitrogen and oxygen atoms in total. The number of fused-ring (bicyclic) bond motifs is 1. The molecule has 0 saturated heterocycles. The molecule has 3 aromatic heterocycles. The van der Waals surface area contributed by atoms with E-state index in [9.17, 15) is 5.26 Å². The van der Waals surface area contributed by atoms with Crippen LogP contribution in [0.15, 0.2) is 42.9 Å². The van der Waals surface area contributed by atoms with Gasteiger partial charge in [0.05, 0.1) is 17.9 Å². The summed E-state index contributed by atoms with van der Waals surface area (Å²) < 4.78 is 1.60. The molecule has 0 aliphatic carbocycles. The second-order valence-electron chi connectivity index (χ2n) is 6.63. The van der Waals surface area contributed by atoms with Crippen molar-refractivity contribution in [3.8, 4) is 17.3 Å². The second-order valence-corrected chi connectivity index (χ2v) is 7.02. The largest absolute Gasteiger partial charge is 0.382 e. The first-order valence-corrected chi connectivity index (χ1v) is 9.24. The Kier molecular flexibility index (Phi) is 6.10. The maximum Gasteiger partial charge on any atom is 0.155 e. The lowest BCUT2D eigenvalue weighted by atomic mass is 10.00. The van der Waals surface area contributed by atoms with E-state index in [1.54, 1.807) is 10.7 Å². The van der Waals surface area contributed by atoms with Crippen LogP contribution >= 0.6 is 25.1 Å². The predicted octanol–water partition coefficient (Wildman–Crippen LogP) is 3.89. The number of imidazole rings is 1. The van der Waals surface area contributed by atoms with Crippen molar-refractivity contribution >= 4 is 42.4 Å². The molecule has 0 fully saturated rings. The van der Waals surface area contributed by atoms with Crippen molar-refractivity contribution < 1.29 is 0 Å². The summed E-state index contributed by atoms with van der Waals surface area (Å²) in [5.74, 6) is 0.494. The van der Waals surface area contributed by atoms with Gasteiger partial charge in [0.25, 0.3) is 0 Å². The molecule has 3 N–H and O–H groups in total. The highest BCUT2D eigenvalue weighted by Crippen LogP contribution is 2.31. The second kappa shape index (κ2) is 8.57. The lowest BCUT2D eigenvalue weighted by Crippen LogP contribution is -2.13. The smallest absolute Gasteiger partial charge is 0.155 e. The standard InChI is InChI=1S/C20H17ClN8.H2S/c1-11-4-3-5-13(6-11)18-14(7-17-24-9-16(21)29(17)28-18)12(2)27-20-15(8-22)19(23)25-10-26-20;/h3-7,9-10,12H,1-2H3,(H3,23,25,26,27);1H2/t12-;/m0./s1. The van der Waals surface area contributed by atoms with Crippen LogP contribution in [0.4, 0.5) is 11.6 Å². The quantitative estimate of drug-likeness (QED) is 0.496. The highest BCUT2D eigenvalue weighted by atomic mass is 35.5. The fraction of sp³-hybridized carbons (Fsp3) is 0.150. The van der Waals surface area contributed by atoms with Crippen molar-refractivity contribution in [1.82, 2.24) is 24.6 Å². The Bertz CT molecular complexity index is 1260. The molecule has 0 saturated carbocycles. The molecule has 0 amide bonds. The summed E-state index contributed by atoms with van der Waals surface area (Å²) in [6, 6.07) is 11.8. The Morgan fingerprint density at radius 3 is 2.77 bits per heavy atom. The highest BCUT2D eigenvalue weighted by molar-refractivity contribution is 7.59. The zero-order valence-corrected chi connectivity index (χ0v) is 18.0. The summed E-state index contributed by atoms with van der Waals surface area (Å²) in [5.41, 5.74) is 10.3. The van der Waals surface area contributed by atoms with Crippen LogP contribution in [0, 0.1) is 18.3 Å². The minimum atomic E-state index is -0.250. The van der Waals surface area contributed by atoms with Crippen LogP contribution in [0.3, 0.4) is 0 Å². The van der Waals surface area contributed by atoms with E-state index in [0.29, 0.717) is 16.6 Å². The molecule has 0 unspecified atom stereocenters. The molecular weight excluding hydrogens is 420 g/mol. The molecule has 4 rings (SSSR count). The number of halogens is 1. The first-order valence-electron chi connectivity index (χ1n) is 8.86. The Balaban J connectivity index is 0.00000256. The Labute approximate surface area is 185 Å². The summed E-state index contributed by atoms with van der Waals surface area (Å²) in [4.78, 5) is 12.4. The number of nitrogens with two attached hydrogens (primary N) is 1. The number of nitriles is 1. The SMILES string of the molecule is Cc1cccc(-c2nn3c(Cl)cnc3cc2[C@H](C)Nc2ncnc(N)c2C#N)c1.S. The van der Waals surface area contributed by atoms with E-state index in [0.717, 1.165) is 22.4 Å². The predicted molar refractivity (Wildman–Crippen MR) is 122 cm³/mol. The van der Waals surface area contributed by atoms with E-state index in [-0.39, 0.29) is 30.9 Å². The molecule has 0 spiro atoms. The van der Waals surface area contributed by atoms with E-state index < -0.39 is 0 Å². The van der Waals surface area contributed by atoms with E-state index in [1.165, 1.54) is 6.33 Å². The van der Waals surface area contributed by atoms with E-state index in [1.807, 2.05) is 44.2 Å². The van der Waals surface area contributed by atoms with Crippen molar-refractivity contribution in [2.75, 3.05) is 11.1 Å². The fourth-order valence-corrected chi connectivity index (χ4v) is 3.32. The molecular formula is C20H19ClN8S. The number of nitrogens with zero attached hydrogens (tertiary/aromatic N) is 6. The lowest BCUT2D eigenvalue weighted by molar-refractivity contribution is 0.840. The third-order valence-electron chi connectivity index (χ3n) is 4.58.